The lowest BCUT2D eigenvalue weighted by Crippen LogP contribution is -2.22. The summed E-state index contributed by atoms with van der Waals surface area (Å²) in [5.41, 5.74) is 14.2. The Labute approximate surface area is 147 Å². The summed E-state index contributed by atoms with van der Waals surface area (Å²) in [6.45, 7) is 0.624. The van der Waals surface area contributed by atoms with E-state index in [0.29, 0.717) is 17.8 Å². The average Bonchev–Trinajstić information content (AvgIpc) is 2.56. The Balaban J connectivity index is 2.15. The van der Waals surface area contributed by atoms with Gasteiger partial charge in [-0.25, -0.2) is 0 Å². The summed E-state index contributed by atoms with van der Waals surface area (Å²) < 4.78 is 0. The molecule has 5 N–H and O–H groups in total. The van der Waals surface area contributed by atoms with E-state index in [9.17, 15) is 9.59 Å². The van der Waals surface area contributed by atoms with E-state index in [1.54, 1.807) is 18.2 Å². The number of hydrogen-bond acceptors (Lipinski definition) is 4. The highest BCUT2D eigenvalue weighted by molar-refractivity contribution is 5.97. The molecule has 6 nitrogen and oxygen atoms in total. The van der Waals surface area contributed by atoms with E-state index >= 15 is 0 Å². The third-order valence-corrected chi connectivity index (χ3v) is 3.79. The molecule has 2 rings (SSSR count). The molecule has 132 valence electrons. The minimum absolute atomic E-state index is 0.145. The Kier molecular flexibility index (Phi) is 6.27. The zero-order valence-corrected chi connectivity index (χ0v) is 14.5. The summed E-state index contributed by atoms with van der Waals surface area (Å²) in [6, 6.07) is 14.1. The van der Waals surface area contributed by atoms with Crippen LogP contribution >= 0.6 is 0 Å². The zero-order chi connectivity index (χ0) is 18.4. The van der Waals surface area contributed by atoms with Crippen LogP contribution in [0.2, 0.25) is 0 Å². The molecule has 0 radical (unpaired) electrons. The lowest BCUT2D eigenvalue weighted by Gasteiger charge is -2.17. The summed E-state index contributed by atoms with van der Waals surface area (Å²) in [5.74, 6) is -0.745. The van der Waals surface area contributed by atoms with E-state index in [1.165, 1.54) is 0 Å². The number of carbonyl (C=O) groups excluding carboxylic acids is 2. The second kappa shape index (κ2) is 8.41. The molecule has 6 heteroatoms. The van der Waals surface area contributed by atoms with E-state index in [1.807, 2.05) is 49.3 Å². The van der Waals surface area contributed by atoms with Crippen LogP contribution in [0.1, 0.15) is 33.9 Å². The second-order valence-electron chi connectivity index (χ2n) is 6.24. The van der Waals surface area contributed by atoms with Gasteiger partial charge in [0.1, 0.15) is 0 Å². The first kappa shape index (κ1) is 18.6. The van der Waals surface area contributed by atoms with Gasteiger partial charge in [-0.2, -0.15) is 0 Å². The molecule has 0 aliphatic carbocycles. The Morgan fingerprint density at radius 2 is 1.80 bits per heavy atom. The summed E-state index contributed by atoms with van der Waals surface area (Å²) in [4.78, 5) is 25.8. The van der Waals surface area contributed by atoms with Gasteiger partial charge in [0, 0.05) is 30.3 Å². The molecule has 2 amide bonds. The first-order valence-corrected chi connectivity index (χ1v) is 8.04. The van der Waals surface area contributed by atoms with Crippen molar-refractivity contribution in [3.63, 3.8) is 0 Å². The Bertz CT molecular complexity index is 744. The van der Waals surface area contributed by atoms with E-state index in [4.69, 9.17) is 11.5 Å². The molecule has 0 aliphatic heterocycles. The van der Waals surface area contributed by atoms with Gasteiger partial charge in [0.2, 0.25) is 11.8 Å². The first-order chi connectivity index (χ1) is 11.9. The number of hydrogen-bond donors (Lipinski definition) is 3. The molecule has 0 aliphatic rings. The third-order valence-electron chi connectivity index (χ3n) is 3.79. The first-order valence-electron chi connectivity index (χ1n) is 8.04. The molecule has 2 aromatic rings. The van der Waals surface area contributed by atoms with Crippen LogP contribution in [0.5, 0.6) is 0 Å². The maximum Gasteiger partial charge on any atom is 0.248 e. The molecule has 0 saturated carbocycles. The van der Waals surface area contributed by atoms with Crippen LogP contribution in [-0.4, -0.2) is 30.8 Å². The molecule has 0 heterocycles. The van der Waals surface area contributed by atoms with Crippen molar-refractivity contribution in [2.45, 2.75) is 19.0 Å². The van der Waals surface area contributed by atoms with Crippen molar-refractivity contribution in [1.82, 2.24) is 4.90 Å². The van der Waals surface area contributed by atoms with Crippen LogP contribution in [0.15, 0.2) is 48.5 Å². The van der Waals surface area contributed by atoms with E-state index in [0.717, 1.165) is 11.1 Å². The Morgan fingerprint density at radius 3 is 2.40 bits per heavy atom. The topological polar surface area (TPSA) is 101 Å². The maximum atomic E-state index is 12.4. The number of nitrogens with zero attached hydrogens (tertiary/aromatic N) is 1. The second-order valence-corrected chi connectivity index (χ2v) is 6.24. The number of carbonyl (C=O) groups is 2. The fourth-order valence-corrected chi connectivity index (χ4v) is 2.54. The molecule has 0 spiro atoms. The van der Waals surface area contributed by atoms with E-state index in [2.05, 4.69) is 5.32 Å². The third kappa shape index (κ3) is 5.41. The highest BCUT2D eigenvalue weighted by Crippen LogP contribution is 2.21. The molecule has 25 heavy (non-hydrogen) atoms. The molecular weight excluding hydrogens is 316 g/mol. The largest absolute Gasteiger partial charge is 0.366 e. The van der Waals surface area contributed by atoms with Crippen molar-refractivity contribution < 1.29 is 9.59 Å². The highest BCUT2D eigenvalue weighted by atomic mass is 16.2. The van der Waals surface area contributed by atoms with Crippen molar-refractivity contribution in [3.05, 3.63) is 65.2 Å². The number of rotatable bonds is 7. The molecule has 0 bridgehead atoms. The lowest BCUT2D eigenvalue weighted by atomic mass is 10.0. The van der Waals surface area contributed by atoms with E-state index in [-0.39, 0.29) is 12.3 Å². The van der Waals surface area contributed by atoms with Gasteiger partial charge in [0.25, 0.3) is 0 Å². The van der Waals surface area contributed by atoms with Crippen LogP contribution in [0.4, 0.5) is 5.69 Å². The van der Waals surface area contributed by atoms with Crippen molar-refractivity contribution in [2.75, 3.05) is 19.4 Å². The fraction of sp³-hybridized carbons (Fsp3) is 0.263. The van der Waals surface area contributed by atoms with Gasteiger partial charge in [-0.15, -0.1) is 0 Å². The minimum Gasteiger partial charge on any atom is -0.366 e. The maximum absolute atomic E-state index is 12.4. The predicted octanol–water partition coefficient (Wildman–Crippen LogP) is 1.88. The van der Waals surface area contributed by atoms with Gasteiger partial charge < -0.3 is 21.7 Å². The summed E-state index contributed by atoms with van der Waals surface area (Å²) in [7, 11) is 3.86. The number of primary amides is 1. The van der Waals surface area contributed by atoms with Crippen LogP contribution in [0.3, 0.4) is 0 Å². The zero-order valence-electron chi connectivity index (χ0n) is 14.5. The molecular formula is C19H24N4O2. The van der Waals surface area contributed by atoms with Gasteiger partial charge in [-0.05, 0) is 37.4 Å². The SMILES string of the molecule is CN(C)Cc1ccc(C(N)=O)cc1NC(=O)CC(N)c1ccccc1. The predicted molar refractivity (Wildman–Crippen MR) is 99.0 cm³/mol. The normalized spacial score (nSPS) is 12.0. The molecule has 1 atom stereocenters. The molecule has 1 unspecified atom stereocenters. The van der Waals surface area contributed by atoms with Crippen LogP contribution in [0, 0.1) is 0 Å². The molecule has 0 aromatic heterocycles. The van der Waals surface area contributed by atoms with Crippen LogP contribution in [0.25, 0.3) is 0 Å². The summed E-state index contributed by atoms with van der Waals surface area (Å²) >= 11 is 0. The van der Waals surface area contributed by atoms with Crippen molar-refractivity contribution in [1.29, 1.82) is 0 Å². The Hall–Kier alpha value is -2.70. The van der Waals surface area contributed by atoms with Gasteiger partial charge in [0.05, 0.1) is 0 Å². The van der Waals surface area contributed by atoms with Crippen LogP contribution in [-0.2, 0) is 11.3 Å². The summed E-state index contributed by atoms with van der Waals surface area (Å²) in [5, 5.41) is 2.86. The van der Waals surface area contributed by atoms with E-state index < -0.39 is 11.9 Å². The molecule has 0 saturated heterocycles. The minimum atomic E-state index is -0.534. The quantitative estimate of drug-likeness (QED) is 0.716. The number of anilines is 1. The fourth-order valence-electron chi connectivity index (χ4n) is 2.54. The van der Waals surface area contributed by atoms with Gasteiger partial charge in [-0.1, -0.05) is 36.4 Å². The van der Waals surface area contributed by atoms with Gasteiger partial charge in [-0.3, -0.25) is 9.59 Å². The molecule has 2 aromatic carbocycles. The number of benzene rings is 2. The van der Waals surface area contributed by atoms with Gasteiger partial charge >= 0.3 is 0 Å². The Morgan fingerprint density at radius 1 is 1.12 bits per heavy atom. The highest BCUT2D eigenvalue weighted by Gasteiger charge is 2.14. The van der Waals surface area contributed by atoms with Crippen LogP contribution < -0.4 is 16.8 Å². The number of amides is 2. The van der Waals surface area contributed by atoms with Crippen molar-refractivity contribution in [2.24, 2.45) is 11.5 Å². The summed E-state index contributed by atoms with van der Waals surface area (Å²) in [6.07, 6.45) is 0.145. The average molecular weight is 340 g/mol. The van der Waals surface area contributed by atoms with Crippen molar-refractivity contribution >= 4 is 17.5 Å². The number of nitrogens with two attached hydrogens (primary N) is 2. The lowest BCUT2D eigenvalue weighted by molar-refractivity contribution is -0.116. The number of nitrogens with one attached hydrogen (secondary N) is 1. The molecule has 0 fully saturated rings. The standard InChI is InChI=1S/C19H24N4O2/c1-23(2)12-15-9-8-14(19(21)25)10-17(15)22-18(24)11-16(20)13-6-4-3-5-7-13/h3-10,16H,11-12,20H2,1-2H3,(H2,21,25)(H,22,24). The smallest absolute Gasteiger partial charge is 0.248 e. The van der Waals surface area contributed by atoms with Gasteiger partial charge in [0.15, 0.2) is 0 Å². The monoisotopic (exact) mass is 340 g/mol. The van der Waals surface area contributed by atoms with Crippen molar-refractivity contribution in [3.8, 4) is 0 Å².